The van der Waals surface area contributed by atoms with E-state index in [0.717, 1.165) is 32.1 Å². The van der Waals surface area contributed by atoms with Crippen LogP contribution in [0, 0.1) is 0 Å². The normalized spacial score (nSPS) is 15.4. The molecule has 26 heavy (non-hydrogen) atoms. The molecule has 0 bridgehead atoms. The first-order valence-electron chi connectivity index (χ1n) is 9.44. The van der Waals surface area contributed by atoms with Gasteiger partial charge >= 0.3 is 0 Å². The quantitative estimate of drug-likeness (QED) is 0.247. The van der Waals surface area contributed by atoms with Crippen molar-refractivity contribution in [1.82, 2.24) is 10.6 Å². The number of hydrogen-bond acceptors (Lipinski definition) is 3. The first-order valence-corrected chi connectivity index (χ1v) is 9.44. The molecule has 0 unspecified atom stereocenters. The number of benzene rings is 1. The van der Waals surface area contributed by atoms with Gasteiger partial charge in [0.15, 0.2) is 5.96 Å². The summed E-state index contributed by atoms with van der Waals surface area (Å²) in [5, 5.41) is 6.69. The number of guanidine groups is 1. The van der Waals surface area contributed by atoms with E-state index in [1.165, 1.54) is 43.2 Å². The van der Waals surface area contributed by atoms with Gasteiger partial charge in [-0.25, -0.2) is 0 Å². The van der Waals surface area contributed by atoms with Crippen LogP contribution in [0.25, 0.3) is 0 Å². The van der Waals surface area contributed by atoms with Crippen LogP contribution in [-0.2, 0) is 22.6 Å². The lowest BCUT2D eigenvalue weighted by Gasteiger charge is -2.22. The number of nitrogens with zero attached hydrogens (tertiary/aromatic N) is 1. The van der Waals surface area contributed by atoms with Crippen molar-refractivity contribution in [2.75, 3.05) is 27.3 Å². The maximum Gasteiger partial charge on any atom is 0.191 e. The first kappa shape index (κ1) is 23.2. The Balaban J connectivity index is 0.00000338. The van der Waals surface area contributed by atoms with Crippen LogP contribution < -0.4 is 10.6 Å². The molecule has 1 fully saturated rings. The van der Waals surface area contributed by atoms with E-state index < -0.39 is 0 Å². The minimum Gasteiger partial charge on any atom is -0.380 e. The summed E-state index contributed by atoms with van der Waals surface area (Å²) in [6.07, 6.45) is 7.99. The summed E-state index contributed by atoms with van der Waals surface area (Å²) in [6, 6.07) is 8.43. The van der Waals surface area contributed by atoms with Crippen molar-refractivity contribution >= 4 is 29.9 Å². The highest BCUT2D eigenvalue weighted by molar-refractivity contribution is 14.0. The van der Waals surface area contributed by atoms with E-state index in [-0.39, 0.29) is 24.0 Å². The molecule has 1 aliphatic rings. The van der Waals surface area contributed by atoms with Crippen molar-refractivity contribution in [2.45, 2.75) is 57.8 Å². The number of nitrogens with one attached hydrogen (secondary N) is 2. The summed E-state index contributed by atoms with van der Waals surface area (Å²) in [5.74, 6) is 0.832. The highest BCUT2D eigenvalue weighted by atomic mass is 127. The van der Waals surface area contributed by atoms with E-state index in [9.17, 15) is 0 Å². The van der Waals surface area contributed by atoms with Gasteiger partial charge in [0, 0.05) is 33.9 Å². The molecule has 0 atom stereocenters. The molecule has 2 rings (SSSR count). The number of rotatable bonds is 9. The lowest BCUT2D eigenvalue weighted by Crippen LogP contribution is -2.37. The summed E-state index contributed by atoms with van der Waals surface area (Å²) in [6.45, 7) is 3.11. The Hall–Kier alpha value is -0.860. The molecule has 2 N–H and O–H groups in total. The van der Waals surface area contributed by atoms with E-state index in [4.69, 9.17) is 9.47 Å². The fourth-order valence-electron chi connectivity index (χ4n) is 3.09. The Morgan fingerprint density at radius 3 is 2.42 bits per heavy atom. The van der Waals surface area contributed by atoms with Crippen LogP contribution in [0.5, 0.6) is 0 Å². The summed E-state index contributed by atoms with van der Waals surface area (Å²) >= 11 is 0. The Labute approximate surface area is 175 Å². The van der Waals surface area contributed by atoms with Gasteiger partial charge in [-0.1, -0.05) is 43.5 Å². The van der Waals surface area contributed by atoms with Gasteiger partial charge in [-0.3, -0.25) is 4.99 Å². The van der Waals surface area contributed by atoms with Crippen molar-refractivity contribution in [1.29, 1.82) is 0 Å². The van der Waals surface area contributed by atoms with Crippen molar-refractivity contribution in [3.8, 4) is 0 Å². The van der Waals surface area contributed by atoms with E-state index >= 15 is 0 Å². The third-order valence-corrected chi connectivity index (χ3v) is 4.54. The molecule has 0 saturated heterocycles. The van der Waals surface area contributed by atoms with Crippen LogP contribution in [0.4, 0.5) is 0 Å². The summed E-state index contributed by atoms with van der Waals surface area (Å²) in [7, 11) is 3.51. The first-order chi connectivity index (χ1) is 12.3. The predicted octanol–water partition coefficient (Wildman–Crippen LogP) is 3.86. The molecule has 1 aromatic carbocycles. The minimum absolute atomic E-state index is 0. The molecule has 5 nitrogen and oxygen atoms in total. The number of ether oxygens (including phenoxy) is 2. The van der Waals surface area contributed by atoms with E-state index in [0.29, 0.717) is 12.7 Å². The van der Waals surface area contributed by atoms with Crippen molar-refractivity contribution in [3.63, 3.8) is 0 Å². The fourth-order valence-corrected chi connectivity index (χ4v) is 3.09. The second-order valence-corrected chi connectivity index (χ2v) is 6.59. The summed E-state index contributed by atoms with van der Waals surface area (Å²) in [4.78, 5) is 4.27. The molecule has 0 heterocycles. The second kappa shape index (κ2) is 14.2. The third kappa shape index (κ3) is 9.19. The van der Waals surface area contributed by atoms with Gasteiger partial charge in [0.1, 0.15) is 0 Å². The molecule has 148 valence electrons. The Bertz CT molecular complexity index is 502. The highest BCUT2D eigenvalue weighted by Crippen LogP contribution is 2.20. The van der Waals surface area contributed by atoms with Crippen molar-refractivity contribution in [2.24, 2.45) is 4.99 Å². The maximum atomic E-state index is 5.95. The monoisotopic (exact) mass is 475 g/mol. The standard InChI is InChI=1S/C20H33N3O2.HI/c1-21-20(22-13-6-14-25-19-7-4-3-5-8-19)23-15-17-9-11-18(12-10-17)16-24-2;/h9-12,19H,3-8,13-16H2,1-2H3,(H2,21,22,23);1H. The largest absolute Gasteiger partial charge is 0.380 e. The van der Waals surface area contributed by atoms with Crippen LogP contribution >= 0.6 is 24.0 Å². The zero-order chi connectivity index (χ0) is 17.7. The molecule has 0 amide bonds. The van der Waals surface area contributed by atoms with Crippen LogP contribution in [0.2, 0.25) is 0 Å². The average molecular weight is 475 g/mol. The van der Waals surface area contributed by atoms with Crippen LogP contribution in [0.1, 0.15) is 49.7 Å². The lowest BCUT2D eigenvalue weighted by molar-refractivity contribution is 0.0277. The zero-order valence-electron chi connectivity index (χ0n) is 16.1. The predicted molar refractivity (Wildman–Crippen MR) is 118 cm³/mol. The van der Waals surface area contributed by atoms with E-state index in [1.54, 1.807) is 14.2 Å². The second-order valence-electron chi connectivity index (χ2n) is 6.59. The van der Waals surface area contributed by atoms with Crippen molar-refractivity contribution in [3.05, 3.63) is 35.4 Å². The fraction of sp³-hybridized carbons (Fsp3) is 0.650. The summed E-state index contributed by atoms with van der Waals surface area (Å²) < 4.78 is 11.1. The number of methoxy groups -OCH3 is 1. The Morgan fingerprint density at radius 2 is 1.77 bits per heavy atom. The maximum absolute atomic E-state index is 5.95. The van der Waals surface area contributed by atoms with Crippen LogP contribution in [-0.4, -0.2) is 39.4 Å². The molecule has 0 radical (unpaired) electrons. The molecule has 1 aromatic rings. The molecular formula is C20H34IN3O2. The lowest BCUT2D eigenvalue weighted by atomic mass is 9.98. The highest BCUT2D eigenvalue weighted by Gasteiger charge is 2.12. The Kier molecular flexibility index (Phi) is 12.7. The molecule has 1 aliphatic carbocycles. The smallest absolute Gasteiger partial charge is 0.191 e. The molecule has 1 saturated carbocycles. The van der Waals surface area contributed by atoms with Gasteiger partial charge in [0.2, 0.25) is 0 Å². The van der Waals surface area contributed by atoms with Crippen LogP contribution in [0.3, 0.4) is 0 Å². The van der Waals surface area contributed by atoms with Gasteiger partial charge in [0.25, 0.3) is 0 Å². The molecule has 6 heteroatoms. The van der Waals surface area contributed by atoms with Gasteiger partial charge in [-0.15, -0.1) is 24.0 Å². The molecule has 0 aromatic heterocycles. The van der Waals surface area contributed by atoms with E-state index in [1.807, 2.05) is 0 Å². The number of hydrogen-bond donors (Lipinski definition) is 2. The average Bonchev–Trinajstić information content (AvgIpc) is 2.66. The Morgan fingerprint density at radius 1 is 1.08 bits per heavy atom. The third-order valence-electron chi connectivity index (χ3n) is 4.54. The van der Waals surface area contributed by atoms with Gasteiger partial charge in [-0.2, -0.15) is 0 Å². The topological polar surface area (TPSA) is 54.9 Å². The molecule has 0 spiro atoms. The van der Waals surface area contributed by atoms with Crippen LogP contribution in [0.15, 0.2) is 29.3 Å². The van der Waals surface area contributed by atoms with Crippen molar-refractivity contribution < 1.29 is 9.47 Å². The SMILES string of the molecule is CN=C(NCCCOC1CCCCC1)NCc1ccc(COC)cc1.I. The zero-order valence-corrected chi connectivity index (χ0v) is 18.5. The number of halogens is 1. The van der Waals surface area contributed by atoms with Gasteiger partial charge < -0.3 is 20.1 Å². The molecular weight excluding hydrogens is 441 g/mol. The van der Waals surface area contributed by atoms with Gasteiger partial charge in [-0.05, 0) is 30.4 Å². The van der Waals surface area contributed by atoms with Gasteiger partial charge in [0.05, 0.1) is 12.7 Å². The number of aliphatic imine (C=N–C) groups is 1. The summed E-state index contributed by atoms with van der Waals surface area (Å²) in [5.41, 5.74) is 2.41. The minimum atomic E-state index is 0. The van der Waals surface area contributed by atoms with E-state index in [2.05, 4.69) is 39.9 Å². The molecule has 0 aliphatic heterocycles.